The predicted octanol–water partition coefficient (Wildman–Crippen LogP) is 5.51. The van der Waals surface area contributed by atoms with Crippen LogP contribution in [0.25, 0.3) is 10.2 Å². The summed E-state index contributed by atoms with van der Waals surface area (Å²) in [5.41, 5.74) is 4.15. The largest absolute Gasteiger partial charge is 0.358 e. The lowest BCUT2D eigenvalue weighted by Crippen LogP contribution is -2.27. The number of rotatable bonds is 5. The number of anilines is 1. The first kappa shape index (κ1) is 18.5. The maximum absolute atomic E-state index is 12.9. The Labute approximate surface area is 172 Å². The molecule has 0 bridgehead atoms. The average molecular weight is 408 g/mol. The van der Waals surface area contributed by atoms with Crippen molar-refractivity contribution in [1.82, 2.24) is 10.3 Å². The highest BCUT2D eigenvalue weighted by Gasteiger charge is 2.05. The number of para-hydroxylation sites is 1. The molecule has 0 amide bonds. The van der Waals surface area contributed by atoms with E-state index in [1.165, 1.54) is 22.4 Å². The number of hydrogen-bond donors (Lipinski definition) is 2. The Morgan fingerprint density at radius 3 is 2.39 bits per heavy atom. The zero-order valence-corrected chi connectivity index (χ0v) is 16.6. The minimum absolute atomic E-state index is 0.240. The number of nitrogens with zero attached hydrogens (tertiary/aromatic N) is 1. The molecule has 28 heavy (non-hydrogen) atoms. The second-order valence-electron chi connectivity index (χ2n) is 6.38. The number of aromatic nitrogens is 1. The van der Waals surface area contributed by atoms with Gasteiger partial charge in [0.15, 0.2) is 5.11 Å². The molecule has 140 valence electrons. The van der Waals surface area contributed by atoms with Gasteiger partial charge in [0.25, 0.3) is 0 Å². The summed E-state index contributed by atoms with van der Waals surface area (Å²) in [7, 11) is 0. The number of thiocarbonyl (C=S) groups is 1. The molecule has 0 spiro atoms. The highest BCUT2D eigenvalue weighted by Crippen LogP contribution is 2.24. The molecule has 0 aliphatic carbocycles. The number of hydrogen-bond acceptors (Lipinski definition) is 3. The molecule has 1 heterocycles. The normalized spacial score (nSPS) is 10.8. The van der Waals surface area contributed by atoms with Crippen molar-refractivity contribution in [1.29, 1.82) is 0 Å². The van der Waals surface area contributed by atoms with E-state index in [9.17, 15) is 4.39 Å². The van der Waals surface area contributed by atoms with Gasteiger partial charge in [-0.1, -0.05) is 36.4 Å². The quantitative estimate of drug-likeness (QED) is 0.428. The fourth-order valence-electron chi connectivity index (χ4n) is 2.84. The maximum atomic E-state index is 12.9. The van der Waals surface area contributed by atoms with Crippen molar-refractivity contribution < 1.29 is 4.39 Å². The minimum Gasteiger partial charge on any atom is -0.358 e. The number of halogens is 1. The molecule has 0 radical (unpaired) electrons. The number of fused-ring (bicyclic) bond motifs is 1. The van der Waals surface area contributed by atoms with Crippen LogP contribution in [0.3, 0.4) is 0 Å². The van der Waals surface area contributed by atoms with Crippen LogP contribution in [0, 0.1) is 5.82 Å². The molecular formula is C22H18FN3S2. The predicted molar refractivity (Wildman–Crippen MR) is 118 cm³/mol. The summed E-state index contributed by atoms with van der Waals surface area (Å²) in [6.07, 6.45) is 0.812. The molecule has 0 saturated carbocycles. The second kappa shape index (κ2) is 8.46. The molecule has 1 aromatic heterocycles. The Hall–Kier alpha value is -2.83. The van der Waals surface area contributed by atoms with E-state index >= 15 is 0 Å². The fourth-order valence-corrected chi connectivity index (χ4v) is 4.03. The third-order valence-corrected chi connectivity index (χ3v) is 5.55. The highest BCUT2D eigenvalue weighted by atomic mass is 32.1. The van der Waals surface area contributed by atoms with Crippen molar-refractivity contribution in [3.8, 4) is 0 Å². The van der Waals surface area contributed by atoms with Crippen LogP contribution in [-0.4, -0.2) is 10.1 Å². The van der Waals surface area contributed by atoms with Crippen molar-refractivity contribution >= 4 is 44.6 Å². The molecule has 3 aromatic carbocycles. The Balaban J connectivity index is 1.32. The van der Waals surface area contributed by atoms with E-state index in [1.807, 2.05) is 30.3 Å². The van der Waals surface area contributed by atoms with Gasteiger partial charge in [0.2, 0.25) is 0 Å². The first-order chi connectivity index (χ1) is 13.7. The van der Waals surface area contributed by atoms with E-state index in [0.717, 1.165) is 28.2 Å². The summed E-state index contributed by atoms with van der Waals surface area (Å²) in [4.78, 5) is 4.69. The molecule has 3 nitrogen and oxygen atoms in total. The zero-order valence-electron chi connectivity index (χ0n) is 15.0. The lowest BCUT2D eigenvalue weighted by Gasteiger charge is -2.11. The molecule has 4 rings (SSSR count). The van der Waals surface area contributed by atoms with Crippen LogP contribution in [0.1, 0.15) is 16.1 Å². The molecule has 0 aliphatic heterocycles. The Morgan fingerprint density at radius 1 is 0.929 bits per heavy atom. The molecule has 0 unspecified atom stereocenters. The van der Waals surface area contributed by atoms with Crippen LogP contribution < -0.4 is 10.6 Å². The third-order valence-electron chi connectivity index (χ3n) is 4.27. The molecule has 2 N–H and O–H groups in total. The van der Waals surface area contributed by atoms with Gasteiger partial charge in [0.1, 0.15) is 5.82 Å². The van der Waals surface area contributed by atoms with Crippen LogP contribution in [0.15, 0.2) is 72.8 Å². The Bertz CT molecular complexity index is 1060. The number of benzene rings is 3. The van der Waals surface area contributed by atoms with E-state index in [4.69, 9.17) is 12.2 Å². The molecule has 0 aliphatic rings. The molecular weight excluding hydrogens is 389 g/mol. The standard InChI is InChI=1S/C22H18FN3S2/c23-17-9-5-16(6-10-17)14-24-22(27)25-18-11-7-15(8-12-18)13-21-26-19-3-1-2-4-20(19)28-21/h1-12H,13-14H2,(H2,24,25,27). The van der Waals surface area contributed by atoms with E-state index in [-0.39, 0.29) is 5.82 Å². The zero-order chi connectivity index (χ0) is 19.3. The minimum atomic E-state index is -0.240. The molecule has 0 fully saturated rings. The summed E-state index contributed by atoms with van der Waals surface area (Å²) in [6.45, 7) is 0.543. The summed E-state index contributed by atoms with van der Waals surface area (Å²) in [5, 5.41) is 7.94. The van der Waals surface area contributed by atoms with Crippen molar-refractivity contribution in [3.63, 3.8) is 0 Å². The van der Waals surface area contributed by atoms with Crippen molar-refractivity contribution in [3.05, 3.63) is 94.7 Å². The monoisotopic (exact) mass is 407 g/mol. The van der Waals surface area contributed by atoms with Gasteiger partial charge in [-0.05, 0) is 59.7 Å². The van der Waals surface area contributed by atoms with Crippen molar-refractivity contribution in [2.45, 2.75) is 13.0 Å². The van der Waals surface area contributed by atoms with Crippen LogP contribution in [0.5, 0.6) is 0 Å². The summed E-state index contributed by atoms with van der Waals surface area (Å²) >= 11 is 7.06. The third kappa shape index (κ3) is 4.71. The maximum Gasteiger partial charge on any atom is 0.171 e. The van der Waals surface area contributed by atoms with Gasteiger partial charge in [0.05, 0.1) is 15.2 Å². The first-order valence-corrected chi connectivity index (χ1v) is 10.1. The summed E-state index contributed by atoms with van der Waals surface area (Å²) < 4.78 is 14.2. The van der Waals surface area contributed by atoms with Crippen LogP contribution >= 0.6 is 23.6 Å². The number of thiazole rings is 1. The SMILES string of the molecule is Fc1ccc(CNC(=S)Nc2ccc(Cc3nc4ccccc4s3)cc2)cc1. The van der Waals surface area contributed by atoms with Crippen LogP contribution in [0.4, 0.5) is 10.1 Å². The Kier molecular flexibility index (Phi) is 5.60. The molecule has 0 saturated heterocycles. The van der Waals surface area contributed by atoms with Crippen molar-refractivity contribution in [2.24, 2.45) is 0 Å². The van der Waals surface area contributed by atoms with Gasteiger partial charge in [-0.15, -0.1) is 11.3 Å². The van der Waals surface area contributed by atoms with E-state index in [1.54, 1.807) is 23.5 Å². The van der Waals surface area contributed by atoms with E-state index in [2.05, 4.69) is 33.8 Å². The fraction of sp³-hybridized carbons (Fsp3) is 0.0909. The van der Waals surface area contributed by atoms with Crippen LogP contribution in [-0.2, 0) is 13.0 Å². The van der Waals surface area contributed by atoms with Gasteiger partial charge >= 0.3 is 0 Å². The first-order valence-electron chi connectivity index (χ1n) is 8.88. The van der Waals surface area contributed by atoms with E-state index in [0.29, 0.717) is 11.7 Å². The lowest BCUT2D eigenvalue weighted by molar-refractivity contribution is 0.627. The molecule has 0 atom stereocenters. The molecule has 4 aromatic rings. The molecule has 6 heteroatoms. The van der Waals surface area contributed by atoms with Gasteiger partial charge in [0, 0.05) is 18.7 Å². The summed E-state index contributed by atoms with van der Waals surface area (Å²) in [5.74, 6) is -0.240. The van der Waals surface area contributed by atoms with Gasteiger partial charge in [-0.25, -0.2) is 9.37 Å². The number of nitrogens with one attached hydrogen (secondary N) is 2. The smallest absolute Gasteiger partial charge is 0.171 e. The topological polar surface area (TPSA) is 37.0 Å². The van der Waals surface area contributed by atoms with Gasteiger partial charge in [-0.3, -0.25) is 0 Å². The van der Waals surface area contributed by atoms with Crippen LogP contribution in [0.2, 0.25) is 0 Å². The van der Waals surface area contributed by atoms with E-state index < -0.39 is 0 Å². The lowest BCUT2D eigenvalue weighted by atomic mass is 10.1. The Morgan fingerprint density at radius 2 is 1.64 bits per heavy atom. The van der Waals surface area contributed by atoms with Gasteiger partial charge < -0.3 is 10.6 Å². The average Bonchev–Trinajstić information content (AvgIpc) is 3.11. The summed E-state index contributed by atoms with van der Waals surface area (Å²) in [6, 6.07) is 22.7. The van der Waals surface area contributed by atoms with Crippen molar-refractivity contribution in [2.75, 3.05) is 5.32 Å². The van der Waals surface area contributed by atoms with Gasteiger partial charge in [-0.2, -0.15) is 0 Å². The highest BCUT2D eigenvalue weighted by molar-refractivity contribution is 7.80. The second-order valence-corrected chi connectivity index (χ2v) is 7.91.